The number of hydrogen-bond donors (Lipinski definition) is 2. The largest absolute Gasteiger partial charge is 0.353 e. The summed E-state index contributed by atoms with van der Waals surface area (Å²) in [7, 11) is 4.14. The Kier molecular flexibility index (Phi) is 12.3. The van der Waals surface area contributed by atoms with Gasteiger partial charge >= 0.3 is 0 Å². The van der Waals surface area contributed by atoms with Crippen LogP contribution in [0.5, 0.6) is 0 Å². The van der Waals surface area contributed by atoms with Gasteiger partial charge in [0.05, 0.1) is 0 Å². The van der Waals surface area contributed by atoms with E-state index >= 15 is 0 Å². The molecule has 0 aromatic heterocycles. The Morgan fingerprint density at radius 1 is 1.43 bits per heavy atom. The minimum atomic E-state index is 0. The van der Waals surface area contributed by atoms with Crippen molar-refractivity contribution in [2.45, 2.75) is 39.3 Å². The fraction of sp³-hybridized carbons (Fsp3) is 0.929. The van der Waals surface area contributed by atoms with E-state index in [1.165, 1.54) is 0 Å². The van der Waals surface area contributed by atoms with Gasteiger partial charge in [-0.1, -0.05) is 13.8 Å². The van der Waals surface area contributed by atoms with Crippen molar-refractivity contribution in [3.05, 3.63) is 0 Å². The van der Waals surface area contributed by atoms with Crippen LogP contribution >= 0.6 is 36.6 Å². The van der Waals surface area contributed by atoms with Crippen LogP contribution in [0.2, 0.25) is 0 Å². The van der Waals surface area contributed by atoms with Crippen LogP contribution in [-0.4, -0.2) is 61.6 Å². The molecule has 0 aromatic carbocycles. The Labute approximate surface area is 146 Å². The SMILES string of the molecule is CC(NC(=O)CC1CSCCN1)C(C)(C)CN(C)C.Cl.Cl. The standard InChI is InChI=1S/C14H29N3OS.2ClH/c1-11(14(2,3)10-17(4)5)16-13(18)8-12-9-19-7-6-15-12;;/h11-12,15H,6-10H2,1-5H3,(H,16,18);2*1H. The fourth-order valence-electron chi connectivity index (χ4n) is 2.42. The number of carbonyl (C=O) groups is 1. The average Bonchev–Trinajstić information content (AvgIpc) is 2.28. The highest BCUT2D eigenvalue weighted by molar-refractivity contribution is 7.99. The van der Waals surface area contributed by atoms with Crippen LogP contribution in [0.3, 0.4) is 0 Å². The van der Waals surface area contributed by atoms with Crippen molar-refractivity contribution in [2.75, 3.05) is 38.7 Å². The molecule has 128 valence electrons. The minimum Gasteiger partial charge on any atom is -0.353 e. The molecule has 0 bridgehead atoms. The maximum atomic E-state index is 12.1. The van der Waals surface area contributed by atoms with Crippen LogP contribution in [0.25, 0.3) is 0 Å². The summed E-state index contributed by atoms with van der Waals surface area (Å²) in [5, 5.41) is 6.56. The second-order valence-electron chi connectivity index (χ2n) is 6.45. The molecule has 0 aliphatic carbocycles. The van der Waals surface area contributed by atoms with Crippen molar-refractivity contribution in [1.29, 1.82) is 0 Å². The van der Waals surface area contributed by atoms with E-state index in [9.17, 15) is 4.79 Å². The fourth-order valence-corrected chi connectivity index (χ4v) is 3.37. The first-order chi connectivity index (χ1) is 8.81. The molecule has 0 aromatic rings. The lowest BCUT2D eigenvalue weighted by Crippen LogP contribution is -2.49. The zero-order valence-electron chi connectivity index (χ0n) is 13.8. The first-order valence-corrected chi connectivity index (χ1v) is 8.22. The first-order valence-electron chi connectivity index (χ1n) is 7.06. The van der Waals surface area contributed by atoms with Crippen molar-refractivity contribution in [3.63, 3.8) is 0 Å². The van der Waals surface area contributed by atoms with E-state index in [1.54, 1.807) is 0 Å². The van der Waals surface area contributed by atoms with Crippen LogP contribution in [0.15, 0.2) is 0 Å². The topological polar surface area (TPSA) is 44.4 Å². The third-order valence-corrected chi connectivity index (χ3v) is 4.83. The Morgan fingerprint density at radius 3 is 2.52 bits per heavy atom. The van der Waals surface area contributed by atoms with E-state index < -0.39 is 0 Å². The van der Waals surface area contributed by atoms with Crippen molar-refractivity contribution >= 4 is 42.5 Å². The third kappa shape index (κ3) is 9.14. The second-order valence-corrected chi connectivity index (χ2v) is 7.60. The molecule has 1 aliphatic heterocycles. The molecule has 4 nitrogen and oxygen atoms in total. The van der Waals surface area contributed by atoms with Crippen LogP contribution in [0.1, 0.15) is 27.2 Å². The van der Waals surface area contributed by atoms with Gasteiger partial charge < -0.3 is 15.5 Å². The van der Waals surface area contributed by atoms with Gasteiger partial charge in [-0.25, -0.2) is 0 Å². The van der Waals surface area contributed by atoms with Gasteiger partial charge in [-0.2, -0.15) is 11.8 Å². The number of halogens is 2. The molecule has 0 spiro atoms. The molecule has 7 heteroatoms. The molecule has 2 N–H and O–H groups in total. The number of nitrogens with zero attached hydrogens (tertiary/aromatic N) is 1. The summed E-state index contributed by atoms with van der Waals surface area (Å²) in [4.78, 5) is 14.2. The maximum Gasteiger partial charge on any atom is 0.221 e. The highest BCUT2D eigenvalue weighted by Gasteiger charge is 2.28. The van der Waals surface area contributed by atoms with Crippen LogP contribution < -0.4 is 10.6 Å². The monoisotopic (exact) mass is 359 g/mol. The number of thioether (sulfide) groups is 1. The molecule has 1 amide bonds. The summed E-state index contributed by atoms with van der Waals surface area (Å²) in [5.41, 5.74) is 0.0773. The molecule has 0 radical (unpaired) electrons. The molecule has 2 unspecified atom stereocenters. The maximum absolute atomic E-state index is 12.1. The molecule has 2 atom stereocenters. The molecular weight excluding hydrogens is 329 g/mol. The summed E-state index contributed by atoms with van der Waals surface area (Å²) in [6, 6.07) is 0.515. The van der Waals surface area contributed by atoms with E-state index in [4.69, 9.17) is 0 Å². The lowest BCUT2D eigenvalue weighted by atomic mass is 9.85. The van der Waals surface area contributed by atoms with Crippen LogP contribution in [-0.2, 0) is 4.79 Å². The van der Waals surface area contributed by atoms with E-state index in [-0.39, 0.29) is 42.2 Å². The van der Waals surface area contributed by atoms with Gasteiger partial charge in [0.25, 0.3) is 0 Å². The Hall–Kier alpha value is 0.320. The zero-order chi connectivity index (χ0) is 14.5. The van der Waals surface area contributed by atoms with Gasteiger partial charge in [0.15, 0.2) is 0 Å². The van der Waals surface area contributed by atoms with Crippen molar-refractivity contribution < 1.29 is 4.79 Å². The van der Waals surface area contributed by atoms with E-state index in [2.05, 4.69) is 50.4 Å². The first kappa shape index (κ1) is 23.6. The lowest BCUT2D eigenvalue weighted by molar-refractivity contribution is -0.122. The van der Waals surface area contributed by atoms with E-state index in [0.717, 1.165) is 24.6 Å². The molecule has 21 heavy (non-hydrogen) atoms. The summed E-state index contributed by atoms with van der Waals surface area (Å²) in [6.45, 7) is 8.49. The molecule has 1 aliphatic rings. The summed E-state index contributed by atoms with van der Waals surface area (Å²) < 4.78 is 0. The van der Waals surface area contributed by atoms with Crippen molar-refractivity contribution in [2.24, 2.45) is 5.41 Å². The van der Waals surface area contributed by atoms with Gasteiger partial charge in [-0.3, -0.25) is 4.79 Å². The minimum absolute atomic E-state index is 0. The Bertz CT molecular complexity index is 298. The molecular formula is C14H31Cl2N3OS. The molecule has 1 heterocycles. The molecule has 0 saturated carbocycles. The van der Waals surface area contributed by atoms with Crippen LogP contribution in [0, 0.1) is 5.41 Å². The summed E-state index contributed by atoms with van der Waals surface area (Å²) >= 11 is 1.93. The van der Waals surface area contributed by atoms with E-state index in [1.807, 2.05) is 11.8 Å². The molecule has 1 fully saturated rings. The van der Waals surface area contributed by atoms with Gasteiger partial charge in [0, 0.05) is 43.1 Å². The van der Waals surface area contributed by atoms with Gasteiger partial charge in [-0.05, 0) is 26.4 Å². The van der Waals surface area contributed by atoms with Gasteiger partial charge in [-0.15, -0.1) is 24.8 Å². The number of amides is 1. The van der Waals surface area contributed by atoms with Gasteiger partial charge in [0.1, 0.15) is 0 Å². The Morgan fingerprint density at radius 2 is 2.05 bits per heavy atom. The lowest BCUT2D eigenvalue weighted by Gasteiger charge is -2.35. The average molecular weight is 360 g/mol. The number of nitrogens with one attached hydrogen (secondary N) is 2. The number of carbonyl (C=O) groups excluding carboxylic acids is 1. The highest BCUT2D eigenvalue weighted by atomic mass is 35.5. The molecule has 1 saturated heterocycles. The predicted molar refractivity (Wildman–Crippen MR) is 98.2 cm³/mol. The van der Waals surface area contributed by atoms with Crippen LogP contribution in [0.4, 0.5) is 0 Å². The quantitative estimate of drug-likeness (QED) is 0.761. The van der Waals surface area contributed by atoms with E-state index in [0.29, 0.717) is 12.5 Å². The van der Waals surface area contributed by atoms with Crippen molar-refractivity contribution in [1.82, 2.24) is 15.5 Å². The summed E-state index contributed by atoms with van der Waals surface area (Å²) in [6.07, 6.45) is 0.593. The van der Waals surface area contributed by atoms with Crippen molar-refractivity contribution in [3.8, 4) is 0 Å². The zero-order valence-corrected chi connectivity index (χ0v) is 16.2. The smallest absolute Gasteiger partial charge is 0.221 e. The summed E-state index contributed by atoms with van der Waals surface area (Å²) in [5.74, 6) is 2.37. The predicted octanol–water partition coefficient (Wildman–Crippen LogP) is 2.02. The molecule has 1 rings (SSSR count). The number of rotatable bonds is 6. The van der Waals surface area contributed by atoms with Gasteiger partial charge in [0.2, 0.25) is 5.91 Å². The third-order valence-electron chi connectivity index (χ3n) is 3.70. The normalized spacial score (nSPS) is 20.2. The number of hydrogen-bond acceptors (Lipinski definition) is 4. The Balaban J connectivity index is 0. The second kappa shape index (κ2) is 10.9. The highest BCUT2D eigenvalue weighted by Crippen LogP contribution is 2.21.